The van der Waals surface area contributed by atoms with Gasteiger partial charge in [-0.2, -0.15) is 0 Å². The molecule has 0 spiro atoms. The van der Waals surface area contributed by atoms with Crippen molar-refractivity contribution in [3.8, 4) is 0 Å². The molecule has 1 aliphatic rings. The standard InChI is InChI=1S/C7H5NS3/c9-11(10)5-8-6-3-1-2-4-7(6)11/h1-5H. The van der Waals surface area contributed by atoms with E-state index < -0.39 is 7.15 Å². The van der Waals surface area contributed by atoms with Crippen LogP contribution in [0.2, 0.25) is 0 Å². The van der Waals surface area contributed by atoms with Gasteiger partial charge in [-0.1, -0.05) is 12.1 Å². The molecule has 0 aromatic heterocycles. The molecule has 0 aliphatic carbocycles. The van der Waals surface area contributed by atoms with E-state index in [0.717, 1.165) is 10.6 Å². The third-order valence-corrected chi connectivity index (χ3v) is 4.44. The van der Waals surface area contributed by atoms with E-state index in [2.05, 4.69) is 4.99 Å². The van der Waals surface area contributed by atoms with Crippen molar-refractivity contribution in [2.24, 2.45) is 4.99 Å². The number of fused-ring (bicyclic) bond motifs is 1. The summed E-state index contributed by atoms with van der Waals surface area (Å²) in [6, 6.07) is 7.81. The zero-order chi connectivity index (χ0) is 7.90. The lowest BCUT2D eigenvalue weighted by molar-refractivity contribution is 1.41. The highest BCUT2D eigenvalue weighted by Crippen LogP contribution is 2.29. The summed E-state index contributed by atoms with van der Waals surface area (Å²) in [5.41, 5.74) is 2.68. The van der Waals surface area contributed by atoms with Crippen molar-refractivity contribution in [2.75, 3.05) is 0 Å². The van der Waals surface area contributed by atoms with Gasteiger partial charge >= 0.3 is 0 Å². The fraction of sp³-hybridized carbons (Fsp3) is 0. The molecule has 0 amide bonds. The minimum atomic E-state index is -1.53. The predicted octanol–water partition coefficient (Wildman–Crippen LogP) is 1.80. The molecule has 1 heterocycles. The first-order valence-electron chi connectivity index (χ1n) is 3.08. The molecule has 0 radical (unpaired) electrons. The van der Waals surface area contributed by atoms with Crippen molar-refractivity contribution in [1.82, 2.24) is 0 Å². The average molecular weight is 199 g/mol. The molecule has 4 heteroatoms. The topological polar surface area (TPSA) is 12.4 Å². The van der Waals surface area contributed by atoms with Crippen molar-refractivity contribution in [3.63, 3.8) is 0 Å². The van der Waals surface area contributed by atoms with Gasteiger partial charge in [-0.05, 0) is 41.7 Å². The summed E-state index contributed by atoms with van der Waals surface area (Å²) >= 11 is 10.4. The highest BCUT2D eigenvalue weighted by molar-refractivity contribution is 8.62. The maximum Gasteiger partial charge on any atom is 0.0781 e. The minimum absolute atomic E-state index is 0.951. The third-order valence-electron chi connectivity index (χ3n) is 1.50. The first-order chi connectivity index (χ1) is 5.20. The Morgan fingerprint density at radius 2 is 1.91 bits per heavy atom. The molecule has 1 nitrogen and oxygen atoms in total. The molecule has 0 N–H and O–H groups in total. The normalized spacial score (nSPS) is 18.2. The van der Waals surface area contributed by atoms with Gasteiger partial charge in [0.2, 0.25) is 0 Å². The van der Waals surface area contributed by atoms with Crippen LogP contribution in [0.15, 0.2) is 34.2 Å². The van der Waals surface area contributed by atoms with Crippen LogP contribution in [0.1, 0.15) is 0 Å². The van der Waals surface area contributed by atoms with E-state index in [0.29, 0.717) is 0 Å². The van der Waals surface area contributed by atoms with E-state index in [-0.39, 0.29) is 0 Å². The van der Waals surface area contributed by atoms with Crippen molar-refractivity contribution >= 4 is 40.8 Å². The van der Waals surface area contributed by atoms with Gasteiger partial charge in [0, 0.05) is 4.90 Å². The molecule has 0 bridgehead atoms. The molecule has 0 saturated carbocycles. The SMILES string of the molecule is S=S1(=S)C=Nc2ccccc21. The van der Waals surface area contributed by atoms with Crippen LogP contribution in [-0.2, 0) is 29.5 Å². The molecule has 1 aromatic carbocycles. The summed E-state index contributed by atoms with van der Waals surface area (Å²) < 4.78 is 0. The van der Waals surface area contributed by atoms with Crippen LogP contribution >= 0.6 is 0 Å². The predicted molar refractivity (Wildman–Crippen MR) is 55.0 cm³/mol. The Balaban J connectivity index is 2.84. The molecule has 1 aromatic rings. The first kappa shape index (κ1) is 7.34. The maximum atomic E-state index is 5.21. The van der Waals surface area contributed by atoms with Crippen molar-refractivity contribution in [3.05, 3.63) is 24.3 Å². The summed E-state index contributed by atoms with van der Waals surface area (Å²) in [5.74, 6) is 0. The van der Waals surface area contributed by atoms with Crippen LogP contribution in [-0.4, -0.2) is 5.55 Å². The monoisotopic (exact) mass is 199 g/mol. The van der Waals surface area contributed by atoms with Gasteiger partial charge in [-0.15, -0.1) is 0 Å². The Bertz CT molecular complexity index is 417. The molecule has 11 heavy (non-hydrogen) atoms. The van der Waals surface area contributed by atoms with E-state index in [1.165, 1.54) is 0 Å². The van der Waals surface area contributed by atoms with Crippen molar-refractivity contribution in [2.45, 2.75) is 4.90 Å². The van der Waals surface area contributed by atoms with Gasteiger partial charge in [-0.25, -0.2) is 4.99 Å². The lowest BCUT2D eigenvalue weighted by Crippen LogP contribution is -1.90. The minimum Gasteiger partial charge on any atom is -0.248 e. The number of para-hydroxylation sites is 1. The molecule has 0 fully saturated rings. The van der Waals surface area contributed by atoms with Gasteiger partial charge < -0.3 is 0 Å². The van der Waals surface area contributed by atoms with Gasteiger partial charge in [0.25, 0.3) is 0 Å². The second kappa shape index (κ2) is 2.33. The van der Waals surface area contributed by atoms with Crippen LogP contribution in [0.5, 0.6) is 0 Å². The Hall–Kier alpha value is -0.320. The Labute approximate surface area is 75.0 Å². The van der Waals surface area contributed by atoms with E-state index in [1.54, 1.807) is 5.55 Å². The second-order valence-electron chi connectivity index (χ2n) is 2.25. The van der Waals surface area contributed by atoms with Crippen LogP contribution in [0.25, 0.3) is 0 Å². The largest absolute Gasteiger partial charge is 0.248 e. The van der Waals surface area contributed by atoms with E-state index in [4.69, 9.17) is 22.4 Å². The highest BCUT2D eigenvalue weighted by atomic mass is 33.1. The molecule has 1 aliphatic heterocycles. The Morgan fingerprint density at radius 3 is 2.64 bits per heavy atom. The van der Waals surface area contributed by atoms with Crippen LogP contribution in [0.4, 0.5) is 5.69 Å². The average Bonchev–Trinajstić information content (AvgIpc) is 2.29. The molecular formula is C7H5NS3. The number of hydrogen-bond acceptors (Lipinski definition) is 3. The third kappa shape index (κ3) is 1.11. The Kier molecular flexibility index (Phi) is 1.56. The first-order valence-corrected chi connectivity index (χ1v) is 6.63. The summed E-state index contributed by atoms with van der Waals surface area (Å²) in [5, 5.41) is 0. The van der Waals surface area contributed by atoms with Crippen molar-refractivity contribution in [1.29, 1.82) is 0 Å². The zero-order valence-electron chi connectivity index (χ0n) is 5.56. The van der Waals surface area contributed by atoms with Gasteiger partial charge in [-0.3, -0.25) is 0 Å². The summed E-state index contributed by atoms with van der Waals surface area (Å²) in [6.07, 6.45) is 0. The number of aliphatic imine (C=N–C) groups is 1. The fourth-order valence-corrected chi connectivity index (χ4v) is 3.14. The Morgan fingerprint density at radius 1 is 1.18 bits per heavy atom. The van der Waals surface area contributed by atoms with Gasteiger partial charge in [0.15, 0.2) is 0 Å². The van der Waals surface area contributed by atoms with Gasteiger partial charge in [0.05, 0.1) is 11.2 Å². The number of nitrogens with zero attached hydrogens (tertiary/aromatic N) is 1. The maximum absolute atomic E-state index is 5.21. The van der Waals surface area contributed by atoms with Crippen LogP contribution in [0, 0.1) is 0 Å². The lowest BCUT2D eigenvalue weighted by Gasteiger charge is -1.97. The number of benzene rings is 1. The summed E-state index contributed by atoms with van der Waals surface area (Å²) in [6.45, 7) is 0. The van der Waals surface area contributed by atoms with Crippen LogP contribution < -0.4 is 0 Å². The number of rotatable bonds is 0. The summed E-state index contributed by atoms with van der Waals surface area (Å²) in [7, 11) is -1.53. The van der Waals surface area contributed by atoms with Crippen molar-refractivity contribution < 1.29 is 0 Å². The molecule has 0 saturated heterocycles. The van der Waals surface area contributed by atoms with Gasteiger partial charge in [0.1, 0.15) is 0 Å². The van der Waals surface area contributed by atoms with E-state index in [9.17, 15) is 0 Å². The van der Waals surface area contributed by atoms with E-state index >= 15 is 0 Å². The molecule has 56 valence electrons. The molecule has 0 atom stereocenters. The van der Waals surface area contributed by atoms with Crippen LogP contribution in [0.3, 0.4) is 0 Å². The lowest BCUT2D eigenvalue weighted by atomic mass is 10.3. The zero-order valence-corrected chi connectivity index (χ0v) is 8.01. The number of hydrogen-bond donors (Lipinski definition) is 0. The molecular weight excluding hydrogens is 194 g/mol. The molecule has 2 rings (SSSR count). The highest BCUT2D eigenvalue weighted by Gasteiger charge is 2.13. The summed E-state index contributed by atoms with van der Waals surface area (Å²) in [4.78, 5) is 5.20. The quantitative estimate of drug-likeness (QED) is 0.631. The molecule has 0 unspecified atom stereocenters. The fourth-order valence-electron chi connectivity index (χ4n) is 0.987. The van der Waals surface area contributed by atoms with E-state index in [1.807, 2.05) is 24.3 Å². The smallest absolute Gasteiger partial charge is 0.0781 e. The second-order valence-corrected chi connectivity index (χ2v) is 7.78.